The molecule has 2 heterocycles. The highest BCUT2D eigenvalue weighted by Gasteiger charge is 2.32. The highest BCUT2D eigenvalue weighted by atomic mass is 16.4. The van der Waals surface area contributed by atoms with Crippen LogP contribution in [-0.2, 0) is 4.79 Å². The third-order valence-corrected chi connectivity index (χ3v) is 4.05. The number of amides is 1. The van der Waals surface area contributed by atoms with E-state index in [1.165, 1.54) is 4.90 Å². The standard InChI is InChI=1S/C17H18N2O3/c20-16(19-11-5-4-8-15(19)17(21)22)14-10-9-13(18-14)12-6-2-1-3-7-12/h1-3,6-7,9-10,15,18H,4-5,8,11H2,(H,21,22)/t15-/m1/s1. The molecule has 1 aromatic heterocycles. The van der Waals surface area contributed by atoms with Gasteiger partial charge in [0.15, 0.2) is 0 Å². The monoisotopic (exact) mass is 298 g/mol. The van der Waals surface area contributed by atoms with Crippen LogP contribution in [0.25, 0.3) is 11.3 Å². The number of nitrogens with one attached hydrogen (secondary N) is 1. The van der Waals surface area contributed by atoms with Crippen molar-refractivity contribution in [3.8, 4) is 11.3 Å². The molecule has 0 bridgehead atoms. The molecule has 2 N–H and O–H groups in total. The van der Waals surface area contributed by atoms with E-state index in [9.17, 15) is 14.7 Å². The number of carboxylic acids is 1. The molecular weight excluding hydrogens is 280 g/mol. The molecular formula is C17H18N2O3. The lowest BCUT2D eigenvalue weighted by Crippen LogP contribution is -2.48. The van der Waals surface area contributed by atoms with Gasteiger partial charge in [-0.05, 0) is 37.0 Å². The molecule has 0 radical (unpaired) electrons. The van der Waals surface area contributed by atoms with Gasteiger partial charge in [0.25, 0.3) is 5.91 Å². The van der Waals surface area contributed by atoms with Gasteiger partial charge < -0.3 is 15.0 Å². The van der Waals surface area contributed by atoms with Gasteiger partial charge in [-0.15, -0.1) is 0 Å². The summed E-state index contributed by atoms with van der Waals surface area (Å²) >= 11 is 0. The molecule has 5 heteroatoms. The SMILES string of the molecule is O=C(O)[C@H]1CCCCN1C(=O)c1ccc(-c2ccccc2)[nH]1. The quantitative estimate of drug-likeness (QED) is 0.915. The summed E-state index contributed by atoms with van der Waals surface area (Å²) in [5, 5.41) is 9.28. The molecule has 0 unspecified atom stereocenters. The Bertz CT molecular complexity index is 678. The zero-order valence-corrected chi connectivity index (χ0v) is 12.2. The Morgan fingerprint density at radius 1 is 1.09 bits per heavy atom. The van der Waals surface area contributed by atoms with E-state index in [-0.39, 0.29) is 5.91 Å². The van der Waals surface area contributed by atoms with Gasteiger partial charge in [-0.2, -0.15) is 0 Å². The first-order valence-electron chi connectivity index (χ1n) is 7.45. The van der Waals surface area contributed by atoms with Crippen LogP contribution < -0.4 is 0 Å². The highest BCUT2D eigenvalue weighted by Crippen LogP contribution is 2.22. The molecule has 22 heavy (non-hydrogen) atoms. The maximum Gasteiger partial charge on any atom is 0.326 e. The number of aliphatic carboxylic acids is 1. The molecule has 0 saturated carbocycles. The van der Waals surface area contributed by atoms with Gasteiger partial charge in [-0.25, -0.2) is 4.79 Å². The van der Waals surface area contributed by atoms with Crippen LogP contribution in [-0.4, -0.2) is 39.5 Å². The van der Waals surface area contributed by atoms with E-state index >= 15 is 0 Å². The minimum atomic E-state index is -0.928. The number of benzene rings is 1. The first-order valence-corrected chi connectivity index (χ1v) is 7.45. The third kappa shape index (κ3) is 2.74. The Kier molecular flexibility index (Phi) is 3.96. The molecule has 1 fully saturated rings. The van der Waals surface area contributed by atoms with E-state index in [1.807, 2.05) is 36.4 Å². The molecule has 5 nitrogen and oxygen atoms in total. The zero-order chi connectivity index (χ0) is 15.5. The average Bonchev–Trinajstić information content (AvgIpc) is 3.05. The first kappa shape index (κ1) is 14.4. The van der Waals surface area contributed by atoms with E-state index in [2.05, 4.69) is 4.98 Å². The van der Waals surface area contributed by atoms with Crippen molar-refractivity contribution in [1.82, 2.24) is 9.88 Å². The van der Waals surface area contributed by atoms with Gasteiger partial charge in [-0.1, -0.05) is 30.3 Å². The first-order chi connectivity index (χ1) is 10.7. The molecule has 1 aromatic carbocycles. The van der Waals surface area contributed by atoms with Crippen LogP contribution in [0.15, 0.2) is 42.5 Å². The van der Waals surface area contributed by atoms with Crippen molar-refractivity contribution in [3.05, 3.63) is 48.2 Å². The molecule has 1 aliphatic rings. The van der Waals surface area contributed by atoms with Crippen molar-refractivity contribution in [2.45, 2.75) is 25.3 Å². The lowest BCUT2D eigenvalue weighted by atomic mass is 10.0. The topological polar surface area (TPSA) is 73.4 Å². The minimum absolute atomic E-state index is 0.241. The van der Waals surface area contributed by atoms with Crippen molar-refractivity contribution in [1.29, 1.82) is 0 Å². The summed E-state index contributed by atoms with van der Waals surface area (Å²) in [6.45, 7) is 0.496. The summed E-state index contributed by atoms with van der Waals surface area (Å²) < 4.78 is 0. The molecule has 114 valence electrons. The second-order valence-corrected chi connectivity index (χ2v) is 5.50. The number of hydrogen-bond acceptors (Lipinski definition) is 2. The summed E-state index contributed by atoms with van der Waals surface area (Å²) in [7, 11) is 0. The van der Waals surface area contributed by atoms with Crippen LogP contribution in [0.4, 0.5) is 0 Å². The zero-order valence-electron chi connectivity index (χ0n) is 12.2. The Morgan fingerprint density at radius 2 is 1.86 bits per heavy atom. The molecule has 1 saturated heterocycles. The van der Waals surface area contributed by atoms with Crippen molar-refractivity contribution < 1.29 is 14.7 Å². The number of piperidine rings is 1. The van der Waals surface area contributed by atoms with Crippen LogP contribution in [0, 0.1) is 0 Å². The molecule has 1 amide bonds. The number of hydrogen-bond donors (Lipinski definition) is 2. The summed E-state index contributed by atoms with van der Waals surface area (Å²) in [6.07, 6.45) is 2.22. The Morgan fingerprint density at radius 3 is 2.59 bits per heavy atom. The summed E-state index contributed by atoms with van der Waals surface area (Å²) in [6, 6.07) is 12.6. The number of rotatable bonds is 3. The summed E-state index contributed by atoms with van der Waals surface area (Å²) in [5.41, 5.74) is 2.29. The second kappa shape index (κ2) is 6.05. The van der Waals surface area contributed by atoms with E-state index in [0.717, 1.165) is 24.1 Å². The van der Waals surface area contributed by atoms with Crippen molar-refractivity contribution in [3.63, 3.8) is 0 Å². The average molecular weight is 298 g/mol. The van der Waals surface area contributed by atoms with E-state index in [0.29, 0.717) is 18.7 Å². The predicted molar refractivity (Wildman–Crippen MR) is 82.5 cm³/mol. The summed E-state index contributed by atoms with van der Waals surface area (Å²) in [4.78, 5) is 28.5. The van der Waals surface area contributed by atoms with Crippen LogP contribution in [0.2, 0.25) is 0 Å². The van der Waals surface area contributed by atoms with Crippen molar-refractivity contribution in [2.75, 3.05) is 6.54 Å². The van der Waals surface area contributed by atoms with Crippen molar-refractivity contribution in [2.24, 2.45) is 0 Å². The normalized spacial score (nSPS) is 18.2. The largest absolute Gasteiger partial charge is 0.480 e. The molecule has 1 atom stereocenters. The number of aromatic amines is 1. The highest BCUT2D eigenvalue weighted by molar-refractivity contribution is 5.96. The molecule has 0 spiro atoms. The van der Waals surface area contributed by atoms with Gasteiger partial charge in [0, 0.05) is 12.2 Å². The van der Waals surface area contributed by atoms with E-state index < -0.39 is 12.0 Å². The minimum Gasteiger partial charge on any atom is -0.480 e. The molecule has 0 aliphatic carbocycles. The fourth-order valence-corrected chi connectivity index (χ4v) is 2.89. The number of carbonyl (C=O) groups is 2. The Balaban J connectivity index is 1.83. The smallest absolute Gasteiger partial charge is 0.326 e. The van der Waals surface area contributed by atoms with E-state index in [4.69, 9.17) is 0 Å². The van der Waals surface area contributed by atoms with Crippen molar-refractivity contribution >= 4 is 11.9 Å². The number of carboxylic acid groups (broad SMARTS) is 1. The van der Waals surface area contributed by atoms with Crippen LogP contribution in [0.3, 0.4) is 0 Å². The lowest BCUT2D eigenvalue weighted by molar-refractivity contribution is -0.143. The van der Waals surface area contributed by atoms with Crippen LogP contribution >= 0.6 is 0 Å². The fourth-order valence-electron chi connectivity index (χ4n) is 2.89. The molecule has 2 aromatic rings. The number of H-pyrrole nitrogens is 1. The Labute approximate surface area is 128 Å². The van der Waals surface area contributed by atoms with E-state index in [1.54, 1.807) is 6.07 Å². The lowest BCUT2D eigenvalue weighted by Gasteiger charge is -2.32. The number of carbonyl (C=O) groups excluding carboxylic acids is 1. The number of likely N-dealkylation sites (tertiary alicyclic amines) is 1. The molecule has 3 rings (SSSR count). The third-order valence-electron chi connectivity index (χ3n) is 4.05. The van der Waals surface area contributed by atoms with Gasteiger partial charge in [0.2, 0.25) is 0 Å². The van der Waals surface area contributed by atoms with Gasteiger partial charge in [-0.3, -0.25) is 4.79 Å². The maximum atomic E-state index is 12.6. The Hall–Kier alpha value is -2.56. The van der Waals surface area contributed by atoms with Gasteiger partial charge >= 0.3 is 5.97 Å². The van der Waals surface area contributed by atoms with Gasteiger partial charge in [0.1, 0.15) is 11.7 Å². The van der Waals surface area contributed by atoms with Crippen LogP contribution in [0.1, 0.15) is 29.8 Å². The maximum absolute atomic E-state index is 12.6. The van der Waals surface area contributed by atoms with Gasteiger partial charge in [0.05, 0.1) is 0 Å². The number of nitrogens with zero attached hydrogens (tertiary/aromatic N) is 1. The van der Waals surface area contributed by atoms with Crippen LogP contribution in [0.5, 0.6) is 0 Å². The molecule has 1 aliphatic heterocycles. The predicted octanol–water partition coefficient (Wildman–Crippen LogP) is 2.76. The summed E-state index contributed by atoms with van der Waals surface area (Å²) in [5.74, 6) is -1.17. The number of aromatic nitrogens is 1. The fraction of sp³-hybridized carbons (Fsp3) is 0.294. The second-order valence-electron chi connectivity index (χ2n) is 5.50.